The third-order valence-electron chi connectivity index (χ3n) is 13.8. The number of anilines is 3. The molecule has 0 unspecified atom stereocenters. The summed E-state index contributed by atoms with van der Waals surface area (Å²) in [5.74, 6) is -0.0159. The minimum Gasteiger partial charge on any atom is -0.507 e. The molecule has 0 radical (unpaired) electrons. The number of benzene rings is 2. The zero-order chi connectivity index (χ0) is 44.1. The molecule has 3 atom stereocenters. The van der Waals surface area contributed by atoms with Gasteiger partial charge in [-0.3, -0.25) is 19.8 Å². The van der Waals surface area contributed by atoms with Gasteiger partial charge in [0.15, 0.2) is 5.82 Å². The molecule has 2 aromatic carbocycles. The SMILES string of the molecule is CCc1cn(C2CCN(CC3(F)CCN(C(=O)c4ccc([C@@H]5CN(c6cc(-c7ccccc7O)nnc6N)[C@@H]6COC[C@@H]6O5)cc4)CC3)CC2)c2ncc(N3CCC(=O)NC3=O)cc12. The van der Waals surface area contributed by atoms with Gasteiger partial charge in [0.05, 0.1) is 42.5 Å². The van der Waals surface area contributed by atoms with E-state index in [2.05, 4.69) is 43.0 Å². The first-order chi connectivity index (χ1) is 31.0. The van der Waals surface area contributed by atoms with Gasteiger partial charge in [0, 0.05) is 93.8 Å². The Morgan fingerprint density at radius 1 is 1.00 bits per heavy atom. The molecule has 5 aromatic rings. The number of carbonyl (C=O) groups excluding carboxylic acids is 3. The highest BCUT2D eigenvalue weighted by Gasteiger charge is 2.43. The van der Waals surface area contributed by atoms with Crippen LogP contribution >= 0.6 is 0 Å². The van der Waals surface area contributed by atoms with Gasteiger partial charge in [0.1, 0.15) is 29.3 Å². The summed E-state index contributed by atoms with van der Waals surface area (Å²) in [6, 6.07) is 18.0. The van der Waals surface area contributed by atoms with E-state index in [0.29, 0.717) is 74.1 Å². The number of hydrogen-bond acceptors (Lipinski definition) is 12. The highest BCUT2D eigenvalue weighted by Crippen LogP contribution is 2.40. The van der Waals surface area contributed by atoms with Crippen LogP contribution in [0.4, 0.5) is 26.4 Å². The molecule has 5 aliphatic rings. The van der Waals surface area contributed by atoms with Gasteiger partial charge in [-0.2, -0.15) is 0 Å². The van der Waals surface area contributed by atoms with Gasteiger partial charge < -0.3 is 39.6 Å². The number of urea groups is 1. The van der Waals surface area contributed by atoms with Crippen molar-refractivity contribution in [3.8, 4) is 17.0 Å². The topological polar surface area (TPSA) is 185 Å². The summed E-state index contributed by atoms with van der Waals surface area (Å²) < 4.78 is 31.1. The van der Waals surface area contributed by atoms with Crippen LogP contribution in [0.25, 0.3) is 22.3 Å². The second kappa shape index (κ2) is 17.1. The number of aromatic nitrogens is 4. The Kier molecular flexibility index (Phi) is 11.2. The highest BCUT2D eigenvalue weighted by atomic mass is 19.1. The smallest absolute Gasteiger partial charge is 0.328 e. The molecule has 16 nitrogen and oxygen atoms in total. The minimum absolute atomic E-state index is 0.0874. The number of aromatic hydroxyl groups is 1. The quantitative estimate of drug-likeness (QED) is 0.171. The molecule has 4 amide bonds. The average molecular weight is 873 g/mol. The van der Waals surface area contributed by atoms with Gasteiger partial charge in [-0.1, -0.05) is 31.2 Å². The Labute approximate surface area is 370 Å². The normalized spacial score (nSPS) is 23.1. The van der Waals surface area contributed by atoms with Crippen LogP contribution in [0.1, 0.15) is 72.7 Å². The van der Waals surface area contributed by atoms with Crippen molar-refractivity contribution in [2.24, 2.45) is 0 Å². The number of carbonyl (C=O) groups is 3. The van der Waals surface area contributed by atoms with E-state index in [1.54, 1.807) is 34.2 Å². The third kappa shape index (κ3) is 8.00. The van der Waals surface area contributed by atoms with Crippen molar-refractivity contribution in [3.63, 3.8) is 0 Å². The molecule has 8 heterocycles. The predicted octanol–water partition coefficient (Wildman–Crippen LogP) is 5.42. The van der Waals surface area contributed by atoms with Crippen LogP contribution in [0.5, 0.6) is 5.75 Å². The van der Waals surface area contributed by atoms with E-state index in [0.717, 1.165) is 54.5 Å². The van der Waals surface area contributed by atoms with E-state index >= 15 is 4.39 Å². The number of likely N-dealkylation sites (tertiary alicyclic amines) is 2. The summed E-state index contributed by atoms with van der Waals surface area (Å²) in [5, 5.41) is 22.4. The maximum atomic E-state index is 16.5. The van der Waals surface area contributed by atoms with Crippen molar-refractivity contribution in [2.75, 3.05) is 74.6 Å². The molecule has 0 aliphatic carbocycles. The summed E-state index contributed by atoms with van der Waals surface area (Å²) in [6.45, 7) is 6.34. The summed E-state index contributed by atoms with van der Waals surface area (Å²) in [6.07, 6.45) is 6.67. The van der Waals surface area contributed by atoms with Crippen molar-refractivity contribution < 1.29 is 33.4 Å². The van der Waals surface area contributed by atoms with Crippen LogP contribution in [0, 0.1) is 0 Å². The molecule has 0 spiro atoms. The fourth-order valence-electron chi connectivity index (χ4n) is 10.2. The molecule has 0 bridgehead atoms. The number of ether oxygens (including phenoxy) is 2. The number of piperidine rings is 2. The summed E-state index contributed by atoms with van der Waals surface area (Å²) in [4.78, 5) is 50.5. The molecule has 5 fully saturated rings. The third-order valence-corrected chi connectivity index (χ3v) is 13.8. The lowest BCUT2D eigenvalue weighted by Crippen LogP contribution is -2.52. The molecular formula is C47H53FN10O6. The number of halogens is 1. The zero-order valence-electron chi connectivity index (χ0n) is 35.9. The summed E-state index contributed by atoms with van der Waals surface area (Å²) in [7, 11) is 0. The number of nitrogen functional groups attached to an aromatic ring is 1. The molecule has 0 saturated carbocycles. The largest absolute Gasteiger partial charge is 0.507 e. The second-order valence-electron chi connectivity index (χ2n) is 17.7. The van der Waals surface area contributed by atoms with Crippen molar-refractivity contribution in [1.82, 2.24) is 34.9 Å². The van der Waals surface area contributed by atoms with Crippen molar-refractivity contribution in [3.05, 3.63) is 89.7 Å². The first-order valence-electron chi connectivity index (χ1n) is 22.4. The van der Waals surface area contributed by atoms with Gasteiger partial charge in [-0.25, -0.2) is 14.2 Å². The van der Waals surface area contributed by atoms with Crippen LogP contribution in [0.2, 0.25) is 0 Å². The standard InChI is InChI=1S/C47H53FN10O6/c1-2-29-24-57(44-35(29)21-33(23-50-44)56-18-13-42(60)51-46(56)62)32-11-16-54(17-12-32)28-47(48)14-19-55(20-15-47)45(61)31-9-7-30(8-10-31)40-25-58(38-26-63-27-41(38)64-40)37-22-36(52-53-43(37)49)34-5-3-4-6-39(34)59/h3-10,21-24,32,38,40-41,59H,2,11-20,25-28H2,1H3,(H2,49,53)(H,51,60,62)/t38-,40+,41+/m1/s1. The molecular weight excluding hydrogens is 820 g/mol. The second-order valence-corrected chi connectivity index (χ2v) is 17.7. The van der Waals surface area contributed by atoms with Crippen molar-refractivity contribution in [2.45, 2.75) is 75.4 Å². The molecule has 10 rings (SSSR count). The van der Waals surface area contributed by atoms with Crippen molar-refractivity contribution in [1.29, 1.82) is 0 Å². The number of nitrogens with two attached hydrogens (primary N) is 1. The van der Waals surface area contributed by atoms with E-state index in [1.165, 1.54) is 0 Å². The molecule has 5 aliphatic heterocycles. The van der Waals surface area contributed by atoms with Gasteiger partial charge in [0.25, 0.3) is 5.91 Å². The fraction of sp³-hybridized carbons (Fsp3) is 0.447. The van der Waals surface area contributed by atoms with E-state index in [9.17, 15) is 19.5 Å². The number of para-hydroxylation sites is 1. The van der Waals surface area contributed by atoms with Crippen LogP contribution in [0.15, 0.2) is 73.1 Å². The molecule has 5 saturated heterocycles. The monoisotopic (exact) mass is 872 g/mol. The van der Waals surface area contributed by atoms with Gasteiger partial charge >= 0.3 is 6.03 Å². The van der Waals surface area contributed by atoms with Gasteiger partial charge in [-0.05, 0) is 66.8 Å². The van der Waals surface area contributed by atoms with Crippen LogP contribution in [0.3, 0.4) is 0 Å². The number of hydrogen-bond donors (Lipinski definition) is 3. The number of amides is 4. The van der Waals surface area contributed by atoms with Crippen LogP contribution in [-0.2, 0) is 20.7 Å². The number of rotatable bonds is 9. The number of alkyl halides is 1. The number of pyridine rings is 1. The van der Waals surface area contributed by atoms with E-state index in [1.807, 2.05) is 42.5 Å². The molecule has 4 N–H and O–H groups in total. The number of aryl methyl sites for hydroxylation is 1. The highest BCUT2D eigenvalue weighted by molar-refractivity contribution is 6.06. The minimum atomic E-state index is -1.38. The first-order valence-corrected chi connectivity index (χ1v) is 22.4. The maximum Gasteiger partial charge on any atom is 0.328 e. The van der Waals surface area contributed by atoms with Gasteiger partial charge in [0.2, 0.25) is 5.91 Å². The lowest BCUT2D eigenvalue weighted by Gasteiger charge is -2.42. The fourth-order valence-corrected chi connectivity index (χ4v) is 10.2. The Balaban J connectivity index is 0.742. The first kappa shape index (κ1) is 41.8. The molecule has 334 valence electrons. The Hall–Kier alpha value is -6.17. The summed E-state index contributed by atoms with van der Waals surface area (Å²) >= 11 is 0. The average Bonchev–Trinajstić information content (AvgIpc) is 3.94. The van der Waals surface area contributed by atoms with Crippen LogP contribution in [-0.4, -0.2) is 129 Å². The number of imide groups is 1. The number of phenolic OH excluding ortho intramolecular Hbond substituents is 1. The molecule has 3 aromatic heterocycles. The summed E-state index contributed by atoms with van der Waals surface area (Å²) in [5.41, 5.74) is 10.9. The molecule has 17 heteroatoms. The Bertz CT molecular complexity index is 2570. The van der Waals surface area contributed by atoms with E-state index in [-0.39, 0.29) is 66.9 Å². The number of nitrogens with zero attached hydrogens (tertiary/aromatic N) is 8. The Morgan fingerprint density at radius 3 is 2.53 bits per heavy atom. The zero-order valence-corrected chi connectivity index (χ0v) is 35.9. The van der Waals surface area contributed by atoms with E-state index < -0.39 is 11.7 Å². The van der Waals surface area contributed by atoms with Crippen LogP contribution < -0.4 is 20.9 Å². The van der Waals surface area contributed by atoms with Gasteiger partial charge in [-0.15, -0.1) is 10.2 Å². The number of morpholine rings is 1. The number of nitrogens with one attached hydrogen (secondary N) is 1. The lowest BCUT2D eigenvalue weighted by atomic mass is 9.91. The Morgan fingerprint density at radius 2 is 1.78 bits per heavy atom. The molecule has 64 heavy (non-hydrogen) atoms. The van der Waals surface area contributed by atoms with Crippen molar-refractivity contribution >= 4 is 46.1 Å². The van der Waals surface area contributed by atoms with E-state index in [4.69, 9.17) is 20.2 Å². The maximum absolute atomic E-state index is 16.5. The predicted molar refractivity (Wildman–Crippen MR) is 238 cm³/mol. The number of phenols is 1. The number of fused-ring (bicyclic) bond motifs is 2. The lowest BCUT2D eigenvalue weighted by molar-refractivity contribution is -0.120.